The van der Waals surface area contributed by atoms with Crippen molar-refractivity contribution in [1.29, 1.82) is 0 Å². The van der Waals surface area contributed by atoms with Gasteiger partial charge in [0.15, 0.2) is 0 Å². The van der Waals surface area contributed by atoms with Gasteiger partial charge in [-0.3, -0.25) is 14.2 Å². The molecule has 0 aliphatic carbocycles. The molecule has 0 aromatic carbocycles. The summed E-state index contributed by atoms with van der Waals surface area (Å²) in [6.45, 7) is 1.90. The van der Waals surface area contributed by atoms with Crippen molar-refractivity contribution in [2.75, 3.05) is 19.6 Å². The Kier molecular flexibility index (Phi) is 5.09. The third-order valence-electron chi connectivity index (χ3n) is 5.05. The summed E-state index contributed by atoms with van der Waals surface area (Å²) in [6, 6.07) is 9.75. The zero-order chi connectivity index (χ0) is 18.8. The van der Waals surface area contributed by atoms with Crippen LogP contribution in [0.2, 0.25) is 5.02 Å². The fourth-order valence-corrected chi connectivity index (χ4v) is 3.85. The van der Waals surface area contributed by atoms with Gasteiger partial charge in [0.1, 0.15) is 5.65 Å². The predicted molar refractivity (Wildman–Crippen MR) is 106 cm³/mol. The summed E-state index contributed by atoms with van der Waals surface area (Å²) in [5.41, 5.74) is 9.13. The van der Waals surface area contributed by atoms with Crippen LogP contribution in [0.3, 0.4) is 0 Å². The molecule has 1 aliphatic heterocycles. The van der Waals surface area contributed by atoms with Crippen molar-refractivity contribution in [2.45, 2.75) is 25.2 Å². The van der Waals surface area contributed by atoms with Gasteiger partial charge in [-0.25, -0.2) is 4.98 Å². The average molecular weight is 384 g/mol. The Labute approximate surface area is 163 Å². The highest BCUT2D eigenvalue weighted by Crippen LogP contribution is 2.28. The quantitative estimate of drug-likeness (QED) is 0.751. The number of fused-ring (bicyclic) bond motifs is 1. The molecule has 1 fully saturated rings. The van der Waals surface area contributed by atoms with Gasteiger partial charge in [0.2, 0.25) is 5.91 Å². The van der Waals surface area contributed by atoms with Crippen molar-refractivity contribution in [3.63, 3.8) is 0 Å². The highest BCUT2D eigenvalue weighted by molar-refractivity contribution is 6.30. The van der Waals surface area contributed by atoms with Crippen LogP contribution < -0.4 is 5.73 Å². The SMILES string of the molecule is NCCC(=O)N1CCC[C@@H](c2cccc(-c3cnc4ccc(Cl)cn34)n2)C1. The summed E-state index contributed by atoms with van der Waals surface area (Å²) in [7, 11) is 0. The van der Waals surface area contributed by atoms with Crippen LogP contribution in [0, 0.1) is 0 Å². The van der Waals surface area contributed by atoms with Crippen LogP contribution >= 0.6 is 11.6 Å². The zero-order valence-corrected chi connectivity index (χ0v) is 15.8. The van der Waals surface area contributed by atoms with Crippen molar-refractivity contribution < 1.29 is 4.79 Å². The molecule has 0 saturated carbocycles. The van der Waals surface area contributed by atoms with Gasteiger partial charge in [-0.05, 0) is 37.1 Å². The van der Waals surface area contributed by atoms with Gasteiger partial charge in [0.25, 0.3) is 0 Å². The van der Waals surface area contributed by atoms with E-state index in [-0.39, 0.29) is 11.8 Å². The van der Waals surface area contributed by atoms with Gasteiger partial charge < -0.3 is 10.6 Å². The van der Waals surface area contributed by atoms with Crippen molar-refractivity contribution in [1.82, 2.24) is 19.3 Å². The Morgan fingerprint density at radius 3 is 3.04 bits per heavy atom. The number of aromatic nitrogens is 3. The van der Waals surface area contributed by atoms with E-state index in [2.05, 4.69) is 4.98 Å². The first-order chi connectivity index (χ1) is 13.2. The molecular weight excluding hydrogens is 362 g/mol. The van der Waals surface area contributed by atoms with E-state index in [1.54, 1.807) is 0 Å². The summed E-state index contributed by atoms with van der Waals surface area (Å²) < 4.78 is 1.95. The lowest BCUT2D eigenvalue weighted by molar-refractivity contribution is -0.132. The minimum Gasteiger partial charge on any atom is -0.342 e. The second-order valence-corrected chi connectivity index (χ2v) is 7.32. The minimum absolute atomic E-state index is 0.134. The number of nitrogens with zero attached hydrogens (tertiary/aromatic N) is 4. The van der Waals surface area contributed by atoms with Gasteiger partial charge in [-0.2, -0.15) is 0 Å². The highest BCUT2D eigenvalue weighted by Gasteiger charge is 2.25. The lowest BCUT2D eigenvalue weighted by Gasteiger charge is -2.32. The van der Waals surface area contributed by atoms with E-state index in [9.17, 15) is 4.79 Å². The number of hydrogen-bond acceptors (Lipinski definition) is 4. The first kappa shape index (κ1) is 17.9. The summed E-state index contributed by atoms with van der Waals surface area (Å²) in [5, 5.41) is 0.652. The average Bonchev–Trinajstić information content (AvgIpc) is 3.11. The maximum absolute atomic E-state index is 12.2. The third-order valence-corrected chi connectivity index (χ3v) is 5.28. The topological polar surface area (TPSA) is 76.5 Å². The fraction of sp³-hybridized carbons (Fsp3) is 0.350. The van der Waals surface area contributed by atoms with Gasteiger partial charge in [-0.15, -0.1) is 0 Å². The lowest BCUT2D eigenvalue weighted by atomic mass is 9.93. The zero-order valence-electron chi connectivity index (χ0n) is 15.0. The van der Waals surface area contributed by atoms with Crippen LogP contribution in [0.15, 0.2) is 42.7 Å². The number of carbonyl (C=O) groups is 1. The molecule has 1 saturated heterocycles. The van der Waals surface area contributed by atoms with E-state index in [0.29, 0.717) is 24.5 Å². The number of pyridine rings is 2. The van der Waals surface area contributed by atoms with Crippen molar-refractivity contribution in [3.05, 3.63) is 53.4 Å². The standard InChI is InChI=1S/C20H22ClN5O/c21-15-6-7-19-23-11-18(26(19)13-15)17-5-1-4-16(24-17)14-3-2-10-25(12-14)20(27)8-9-22/h1,4-7,11,13-14H,2-3,8-10,12,22H2/t14-/m1/s1. The molecule has 2 N–H and O–H groups in total. The van der Waals surface area contributed by atoms with Crippen LogP contribution in [0.4, 0.5) is 0 Å². The summed E-state index contributed by atoms with van der Waals surface area (Å²) in [5.74, 6) is 0.373. The number of nitrogens with two attached hydrogens (primary N) is 1. The van der Waals surface area contributed by atoms with Crippen molar-refractivity contribution in [2.24, 2.45) is 5.73 Å². The summed E-state index contributed by atoms with van der Waals surface area (Å²) in [4.78, 5) is 23.5. The van der Waals surface area contributed by atoms with Gasteiger partial charge in [0, 0.05) is 43.9 Å². The second-order valence-electron chi connectivity index (χ2n) is 6.88. The number of halogens is 1. The Balaban J connectivity index is 1.62. The number of rotatable bonds is 4. The molecular formula is C20H22ClN5O. The molecule has 1 amide bonds. The number of amides is 1. The van der Waals surface area contributed by atoms with E-state index in [1.807, 2.05) is 52.0 Å². The van der Waals surface area contributed by atoms with Crippen LogP contribution in [0.1, 0.15) is 30.9 Å². The fourth-order valence-electron chi connectivity index (χ4n) is 3.69. The Morgan fingerprint density at radius 2 is 2.19 bits per heavy atom. The van der Waals surface area contributed by atoms with E-state index < -0.39 is 0 Å². The molecule has 140 valence electrons. The highest BCUT2D eigenvalue weighted by atomic mass is 35.5. The lowest BCUT2D eigenvalue weighted by Crippen LogP contribution is -2.40. The Bertz CT molecular complexity index is 970. The first-order valence-electron chi connectivity index (χ1n) is 9.23. The smallest absolute Gasteiger partial charge is 0.223 e. The number of likely N-dealkylation sites (tertiary alicyclic amines) is 1. The Morgan fingerprint density at radius 1 is 1.30 bits per heavy atom. The first-order valence-corrected chi connectivity index (χ1v) is 9.61. The molecule has 4 rings (SSSR count). The molecule has 6 nitrogen and oxygen atoms in total. The molecule has 0 spiro atoms. The molecule has 27 heavy (non-hydrogen) atoms. The second kappa shape index (κ2) is 7.66. The third kappa shape index (κ3) is 3.68. The molecule has 3 aromatic rings. The molecule has 0 bridgehead atoms. The summed E-state index contributed by atoms with van der Waals surface area (Å²) >= 11 is 6.14. The molecule has 1 aliphatic rings. The van der Waals surface area contributed by atoms with Gasteiger partial charge >= 0.3 is 0 Å². The van der Waals surface area contributed by atoms with Crippen LogP contribution in [-0.4, -0.2) is 44.8 Å². The van der Waals surface area contributed by atoms with E-state index >= 15 is 0 Å². The summed E-state index contributed by atoms with van der Waals surface area (Å²) in [6.07, 6.45) is 6.08. The predicted octanol–water partition coefficient (Wildman–Crippen LogP) is 3.10. The Hall–Kier alpha value is -2.44. The van der Waals surface area contributed by atoms with E-state index in [1.165, 1.54) is 0 Å². The number of imidazole rings is 1. The number of carbonyl (C=O) groups excluding carboxylic acids is 1. The maximum Gasteiger partial charge on any atom is 0.223 e. The molecule has 3 aromatic heterocycles. The molecule has 0 unspecified atom stereocenters. The van der Waals surface area contributed by atoms with E-state index in [4.69, 9.17) is 22.3 Å². The van der Waals surface area contributed by atoms with Gasteiger partial charge in [0.05, 0.1) is 22.6 Å². The largest absolute Gasteiger partial charge is 0.342 e. The molecule has 7 heteroatoms. The number of hydrogen-bond donors (Lipinski definition) is 1. The van der Waals surface area contributed by atoms with Crippen molar-refractivity contribution in [3.8, 4) is 11.4 Å². The molecule has 1 atom stereocenters. The van der Waals surface area contributed by atoms with Crippen LogP contribution in [-0.2, 0) is 4.79 Å². The minimum atomic E-state index is 0.134. The van der Waals surface area contributed by atoms with Crippen molar-refractivity contribution >= 4 is 23.2 Å². The molecule has 0 radical (unpaired) electrons. The van der Waals surface area contributed by atoms with Crippen LogP contribution in [0.25, 0.3) is 17.0 Å². The molecule has 4 heterocycles. The number of piperidine rings is 1. The van der Waals surface area contributed by atoms with Gasteiger partial charge in [-0.1, -0.05) is 17.7 Å². The normalized spacial score (nSPS) is 17.4. The van der Waals surface area contributed by atoms with E-state index in [0.717, 1.165) is 42.1 Å². The maximum atomic E-state index is 12.2. The van der Waals surface area contributed by atoms with Crippen LogP contribution in [0.5, 0.6) is 0 Å². The monoisotopic (exact) mass is 383 g/mol.